The zero-order valence-corrected chi connectivity index (χ0v) is 7.15. The Hall–Kier alpha value is 0.990. The smallest absolute Gasteiger partial charge is 0.0764 e. The molecule has 0 N–H and O–H groups in total. The summed E-state index contributed by atoms with van der Waals surface area (Å²) in [5.41, 5.74) is 0. The summed E-state index contributed by atoms with van der Waals surface area (Å²) < 4.78 is 0.306. The minimum absolute atomic E-state index is 0.306. The molecule has 0 saturated carbocycles. The molecule has 0 nitrogen and oxygen atoms in total. The third-order valence-electron chi connectivity index (χ3n) is 0.987. The normalized spacial score (nSPS) is 24.8. The van der Waals surface area contributed by atoms with Crippen LogP contribution in [0.25, 0.3) is 0 Å². The van der Waals surface area contributed by atoms with Gasteiger partial charge in [-0.1, -0.05) is 0 Å². The summed E-state index contributed by atoms with van der Waals surface area (Å²) >= 11 is 9.63. The van der Waals surface area contributed by atoms with Crippen molar-refractivity contribution in [2.24, 2.45) is 0 Å². The first-order valence-corrected chi connectivity index (χ1v) is 5.19. The molecule has 48 valence electrons. The van der Waals surface area contributed by atoms with Crippen LogP contribution >= 0.6 is 35.1 Å². The van der Waals surface area contributed by atoms with Crippen LogP contribution in [0.2, 0.25) is 0 Å². The van der Waals surface area contributed by atoms with Gasteiger partial charge in [0.1, 0.15) is 0 Å². The fraction of sp³-hybridized carbons (Fsp3) is 1.00. The van der Waals surface area contributed by atoms with Crippen molar-refractivity contribution in [3.8, 4) is 0 Å². The molecule has 8 heavy (non-hydrogen) atoms. The predicted octanol–water partition coefficient (Wildman–Crippen LogP) is 2.42. The SMILES string of the molecule is CC(Cl)SC1CSC1. The molecule has 3 heteroatoms. The zero-order chi connectivity index (χ0) is 5.98. The lowest BCUT2D eigenvalue weighted by atomic mass is 10.5. The van der Waals surface area contributed by atoms with Crippen LogP contribution < -0.4 is 0 Å². The van der Waals surface area contributed by atoms with Crippen LogP contribution in [0.1, 0.15) is 6.92 Å². The highest BCUT2D eigenvalue weighted by Gasteiger charge is 2.19. The molecule has 1 unspecified atom stereocenters. The van der Waals surface area contributed by atoms with Crippen molar-refractivity contribution in [1.82, 2.24) is 0 Å². The highest BCUT2D eigenvalue weighted by Crippen LogP contribution is 2.32. The molecule has 0 bridgehead atoms. The van der Waals surface area contributed by atoms with Gasteiger partial charge in [-0.15, -0.1) is 23.4 Å². The van der Waals surface area contributed by atoms with Gasteiger partial charge < -0.3 is 0 Å². The summed E-state index contributed by atoms with van der Waals surface area (Å²) in [6, 6.07) is 0. The third-order valence-corrected chi connectivity index (χ3v) is 4.09. The second-order valence-corrected chi connectivity index (χ2v) is 5.47. The molecule has 0 aromatic heterocycles. The van der Waals surface area contributed by atoms with E-state index in [1.165, 1.54) is 11.5 Å². The third kappa shape index (κ3) is 2.08. The van der Waals surface area contributed by atoms with Crippen molar-refractivity contribution in [1.29, 1.82) is 0 Å². The van der Waals surface area contributed by atoms with Gasteiger partial charge in [-0.25, -0.2) is 0 Å². The maximum Gasteiger partial charge on any atom is 0.0764 e. The van der Waals surface area contributed by atoms with Gasteiger partial charge >= 0.3 is 0 Å². The molecular weight excluding hydrogens is 160 g/mol. The Morgan fingerprint density at radius 3 is 2.50 bits per heavy atom. The van der Waals surface area contributed by atoms with Gasteiger partial charge in [0, 0.05) is 16.8 Å². The van der Waals surface area contributed by atoms with E-state index in [9.17, 15) is 0 Å². The molecule has 0 aliphatic carbocycles. The Bertz CT molecular complexity index is 70.8. The molecule has 0 aromatic rings. The molecule has 0 aromatic carbocycles. The Balaban J connectivity index is 2.01. The highest BCUT2D eigenvalue weighted by atomic mass is 35.5. The van der Waals surface area contributed by atoms with Gasteiger partial charge in [-0.05, 0) is 6.92 Å². The number of halogens is 1. The molecule has 1 aliphatic rings. The van der Waals surface area contributed by atoms with Crippen molar-refractivity contribution >= 4 is 35.1 Å². The Kier molecular flexibility index (Phi) is 2.87. The number of alkyl halides is 1. The van der Waals surface area contributed by atoms with Crippen LogP contribution in [0.5, 0.6) is 0 Å². The van der Waals surface area contributed by atoms with E-state index >= 15 is 0 Å². The second kappa shape index (κ2) is 3.23. The van der Waals surface area contributed by atoms with Crippen LogP contribution in [-0.2, 0) is 0 Å². The van der Waals surface area contributed by atoms with E-state index in [-0.39, 0.29) is 0 Å². The number of thioether (sulfide) groups is 2. The molecular formula is C5H9ClS2. The van der Waals surface area contributed by atoms with Gasteiger partial charge in [0.15, 0.2) is 0 Å². The fourth-order valence-electron chi connectivity index (χ4n) is 0.558. The minimum Gasteiger partial charge on any atom is -0.160 e. The van der Waals surface area contributed by atoms with E-state index in [2.05, 4.69) is 0 Å². The highest BCUT2D eigenvalue weighted by molar-refractivity contribution is 8.08. The molecule has 0 amide bonds. The first kappa shape index (κ1) is 7.10. The van der Waals surface area contributed by atoms with E-state index in [0.29, 0.717) is 4.71 Å². The summed E-state index contributed by atoms with van der Waals surface area (Å²) in [5.74, 6) is 2.61. The molecule has 1 rings (SSSR count). The summed E-state index contributed by atoms with van der Waals surface area (Å²) in [4.78, 5) is 0. The van der Waals surface area contributed by atoms with Crippen LogP contribution in [0, 0.1) is 0 Å². The average molecular weight is 169 g/mol. The van der Waals surface area contributed by atoms with E-state index in [4.69, 9.17) is 11.6 Å². The minimum atomic E-state index is 0.306. The Labute approximate surface area is 63.7 Å². The van der Waals surface area contributed by atoms with E-state index in [1.54, 1.807) is 0 Å². The molecule has 0 spiro atoms. The van der Waals surface area contributed by atoms with Gasteiger partial charge in [-0.3, -0.25) is 0 Å². The van der Waals surface area contributed by atoms with Crippen LogP contribution in [0.3, 0.4) is 0 Å². The Morgan fingerprint density at radius 1 is 1.75 bits per heavy atom. The first-order chi connectivity index (χ1) is 3.79. The number of rotatable bonds is 2. The average Bonchev–Trinajstić information content (AvgIpc) is 1.55. The maximum atomic E-state index is 5.74. The van der Waals surface area contributed by atoms with E-state index in [0.717, 1.165) is 5.25 Å². The Morgan fingerprint density at radius 2 is 2.38 bits per heavy atom. The molecule has 1 saturated heterocycles. The lowest BCUT2D eigenvalue weighted by Crippen LogP contribution is -2.21. The van der Waals surface area contributed by atoms with E-state index < -0.39 is 0 Å². The van der Waals surface area contributed by atoms with Crippen molar-refractivity contribution in [2.45, 2.75) is 16.9 Å². The summed E-state index contributed by atoms with van der Waals surface area (Å²) in [5, 5.41) is 0.854. The van der Waals surface area contributed by atoms with Gasteiger partial charge in [0.05, 0.1) is 4.71 Å². The fourth-order valence-corrected chi connectivity index (χ4v) is 3.16. The van der Waals surface area contributed by atoms with Gasteiger partial charge in [-0.2, -0.15) is 11.8 Å². The summed E-state index contributed by atoms with van der Waals surface area (Å²) in [7, 11) is 0. The molecule has 1 aliphatic heterocycles. The second-order valence-electron chi connectivity index (χ2n) is 1.84. The molecule has 0 radical (unpaired) electrons. The maximum absolute atomic E-state index is 5.74. The van der Waals surface area contributed by atoms with Crippen molar-refractivity contribution < 1.29 is 0 Å². The monoisotopic (exact) mass is 168 g/mol. The lowest BCUT2D eigenvalue weighted by Gasteiger charge is -2.24. The zero-order valence-electron chi connectivity index (χ0n) is 4.76. The van der Waals surface area contributed by atoms with Crippen LogP contribution in [-0.4, -0.2) is 21.5 Å². The molecule has 1 atom stereocenters. The quantitative estimate of drug-likeness (QED) is 0.581. The standard InChI is InChI=1S/C5H9ClS2/c1-4(6)8-5-2-7-3-5/h4-5H,2-3H2,1H3. The van der Waals surface area contributed by atoms with Gasteiger partial charge in [0.25, 0.3) is 0 Å². The van der Waals surface area contributed by atoms with Crippen LogP contribution in [0.4, 0.5) is 0 Å². The first-order valence-electron chi connectivity index (χ1n) is 2.66. The van der Waals surface area contributed by atoms with Crippen molar-refractivity contribution in [2.75, 3.05) is 11.5 Å². The predicted molar refractivity (Wildman–Crippen MR) is 44.0 cm³/mol. The van der Waals surface area contributed by atoms with Crippen molar-refractivity contribution in [3.05, 3.63) is 0 Å². The number of hydrogen-bond acceptors (Lipinski definition) is 2. The summed E-state index contributed by atoms with van der Waals surface area (Å²) in [6.07, 6.45) is 0. The van der Waals surface area contributed by atoms with Crippen LogP contribution in [0.15, 0.2) is 0 Å². The largest absolute Gasteiger partial charge is 0.160 e. The molecule has 1 heterocycles. The van der Waals surface area contributed by atoms with Crippen molar-refractivity contribution in [3.63, 3.8) is 0 Å². The van der Waals surface area contributed by atoms with E-state index in [1.807, 2.05) is 30.4 Å². The van der Waals surface area contributed by atoms with Gasteiger partial charge in [0.2, 0.25) is 0 Å². The number of hydrogen-bond donors (Lipinski definition) is 0. The lowest BCUT2D eigenvalue weighted by molar-refractivity contribution is 1.08. The molecule has 1 fully saturated rings. The summed E-state index contributed by atoms with van der Waals surface area (Å²) in [6.45, 7) is 2.04. The topological polar surface area (TPSA) is 0 Å².